The molecule has 0 bridgehead atoms. The van der Waals surface area contributed by atoms with Gasteiger partial charge in [0.1, 0.15) is 0 Å². The summed E-state index contributed by atoms with van der Waals surface area (Å²) < 4.78 is 0. The minimum absolute atomic E-state index is 0.0227. The summed E-state index contributed by atoms with van der Waals surface area (Å²) in [6, 6.07) is 13.5. The number of primary amides is 1. The fourth-order valence-corrected chi connectivity index (χ4v) is 5.30. The van der Waals surface area contributed by atoms with Crippen molar-refractivity contribution in [3.8, 4) is 0 Å². The Labute approximate surface area is 178 Å². The molecule has 2 aromatic rings. The van der Waals surface area contributed by atoms with E-state index in [1.807, 2.05) is 47.4 Å². The monoisotopic (exact) mass is 405 g/mol. The van der Waals surface area contributed by atoms with Crippen molar-refractivity contribution in [1.29, 1.82) is 0 Å². The molecular formula is C25H31N3O2. The maximum Gasteiger partial charge on any atom is 0.258 e. The highest BCUT2D eigenvalue weighted by Crippen LogP contribution is 2.47. The van der Waals surface area contributed by atoms with Crippen molar-refractivity contribution in [3.63, 3.8) is 0 Å². The van der Waals surface area contributed by atoms with Gasteiger partial charge in [0.15, 0.2) is 0 Å². The Morgan fingerprint density at radius 1 is 1.07 bits per heavy atom. The molecule has 2 N–H and O–H groups in total. The van der Waals surface area contributed by atoms with Gasteiger partial charge in [-0.15, -0.1) is 0 Å². The van der Waals surface area contributed by atoms with Crippen LogP contribution in [0, 0.1) is 0 Å². The van der Waals surface area contributed by atoms with Crippen molar-refractivity contribution in [2.45, 2.75) is 51.5 Å². The van der Waals surface area contributed by atoms with E-state index in [-0.39, 0.29) is 17.7 Å². The third-order valence-electron chi connectivity index (χ3n) is 6.50. The number of nitrogens with zero attached hydrogens (tertiary/aromatic N) is 2. The van der Waals surface area contributed by atoms with Crippen LogP contribution in [0.4, 0.5) is 5.69 Å². The van der Waals surface area contributed by atoms with Crippen molar-refractivity contribution < 1.29 is 9.59 Å². The van der Waals surface area contributed by atoms with E-state index < -0.39 is 0 Å². The molecule has 2 aromatic carbocycles. The molecule has 2 amide bonds. The van der Waals surface area contributed by atoms with E-state index >= 15 is 0 Å². The van der Waals surface area contributed by atoms with Crippen molar-refractivity contribution in [2.24, 2.45) is 5.73 Å². The van der Waals surface area contributed by atoms with Gasteiger partial charge in [-0.3, -0.25) is 9.59 Å². The van der Waals surface area contributed by atoms with Gasteiger partial charge < -0.3 is 15.5 Å². The van der Waals surface area contributed by atoms with E-state index in [1.165, 1.54) is 5.56 Å². The standard InChI is InChI=1S/C25H31N3O2/c1-3-12-27(13-4-2)19-14-18-16-28(25(30)17-8-6-5-7-9-17)22-11-10-20(24(26)29)21(15-19)23(18)22/h5-11,18-19H,3-4,12-16H2,1-2H3,(H2,26,29). The van der Waals surface area contributed by atoms with Gasteiger partial charge in [0.25, 0.3) is 5.91 Å². The Bertz CT molecular complexity index is 935. The van der Waals surface area contributed by atoms with Gasteiger partial charge in [-0.25, -0.2) is 0 Å². The second-order valence-corrected chi connectivity index (χ2v) is 8.50. The minimum Gasteiger partial charge on any atom is -0.366 e. The van der Waals surface area contributed by atoms with Gasteiger partial charge in [0.05, 0.1) is 0 Å². The molecule has 0 spiro atoms. The molecule has 158 valence electrons. The average Bonchev–Trinajstić information content (AvgIpc) is 3.13. The summed E-state index contributed by atoms with van der Waals surface area (Å²) in [4.78, 5) is 29.9. The summed E-state index contributed by atoms with van der Waals surface area (Å²) >= 11 is 0. The van der Waals surface area contributed by atoms with Crippen molar-refractivity contribution in [2.75, 3.05) is 24.5 Å². The number of carbonyl (C=O) groups excluding carboxylic acids is 2. The van der Waals surface area contributed by atoms with Gasteiger partial charge in [-0.1, -0.05) is 32.0 Å². The Kier molecular flexibility index (Phi) is 5.91. The highest BCUT2D eigenvalue weighted by atomic mass is 16.2. The van der Waals surface area contributed by atoms with Crippen molar-refractivity contribution in [1.82, 2.24) is 4.90 Å². The predicted molar refractivity (Wildman–Crippen MR) is 120 cm³/mol. The molecule has 0 radical (unpaired) electrons. The van der Waals surface area contributed by atoms with Crippen molar-refractivity contribution >= 4 is 17.5 Å². The maximum atomic E-state index is 13.3. The molecule has 5 heteroatoms. The van der Waals surface area contributed by atoms with Crippen LogP contribution in [0.5, 0.6) is 0 Å². The molecule has 4 rings (SSSR count). The number of rotatable bonds is 7. The molecule has 1 heterocycles. The molecule has 0 saturated carbocycles. The SMILES string of the molecule is CCCN(CCC)C1Cc2c(C(N)=O)ccc3c2C(C1)CN3C(=O)c1ccccc1. The molecule has 2 unspecified atom stereocenters. The van der Waals surface area contributed by atoms with Crippen LogP contribution in [0.3, 0.4) is 0 Å². The van der Waals surface area contributed by atoms with Gasteiger partial charge in [-0.05, 0) is 74.2 Å². The van der Waals surface area contributed by atoms with Gasteiger partial charge >= 0.3 is 0 Å². The second kappa shape index (κ2) is 8.60. The Morgan fingerprint density at radius 3 is 2.40 bits per heavy atom. The van der Waals surface area contributed by atoms with Gasteiger partial charge in [0.2, 0.25) is 5.91 Å². The van der Waals surface area contributed by atoms with E-state index in [2.05, 4.69) is 18.7 Å². The lowest BCUT2D eigenvalue weighted by atomic mass is 9.78. The van der Waals surface area contributed by atoms with Crippen LogP contribution in [0.1, 0.15) is 70.9 Å². The first-order valence-corrected chi connectivity index (χ1v) is 11.1. The molecule has 1 aliphatic carbocycles. The molecule has 2 atom stereocenters. The van der Waals surface area contributed by atoms with Crippen LogP contribution in [0.15, 0.2) is 42.5 Å². The number of anilines is 1. The number of hydrogen-bond donors (Lipinski definition) is 1. The average molecular weight is 406 g/mol. The predicted octanol–water partition coefficient (Wildman–Crippen LogP) is 3.97. The quantitative estimate of drug-likeness (QED) is 0.758. The first-order valence-electron chi connectivity index (χ1n) is 11.1. The lowest BCUT2D eigenvalue weighted by molar-refractivity contribution is 0.0981. The molecular weight excluding hydrogens is 374 g/mol. The number of amides is 2. The zero-order valence-corrected chi connectivity index (χ0v) is 17.9. The van der Waals surface area contributed by atoms with E-state index in [1.54, 1.807) is 0 Å². The van der Waals surface area contributed by atoms with E-state index in [0.29, 0.717) is 23.7 Å². The summed E-state index contributed by atoms with van der Waals surface area (Å²) in [5, 5.41) is 0. The number of hydrogen-bond acceptors (Lipinski definition) is 3. The molecule has 0 saturated heterocycles. The van der Waals surface area contributed by atoms with E-state index in [0.717, 1.165) is 50.0 Å². The highest BCUT2D eigenvalue weighted by Gasteiger charge is 2.41. The Balaban J connectivity index is 1.73. The Hall–Kier alpha value is -2.66. The fourth-order valence-electron chi connectivity index (χ4n) is 5.30. The topological polar surface area (TPSA) is 66.6 Å². The van der Waals surface area contributed by atoms with Crippen LogP contribution in [0.25, 0.3) is 0 Å². The normalized spacial score (nSPS) is 19.8. The van der Waals surface area contributed by atoms with Crippen LogP contribution in [-0.2, 0) is 6.42 Å². The fraction of sp³-hybridized carbons (Fsp3) is 0.440. The van der Waals surface area contributed by atoms with Crippen LogP contribution in [-0.4, -0.2) is 42.4 Å². The number of nitrogens with two attached hydrogens (primary N) is 1. The second-order valence-electron chi connectivity index (χ2n) is 8.50. The van der Waals surface area contributed by atoms with E-state index in [4.69, 9.17) is 5.73 Å². The lowest BCUT2D eigenvalue weighted by Gasteiger charge is -2.37. The number of carbonyl (C=O) groups is 2. The van der Waals surface area contributed by atoms with Crippen molar-refractivity contribution in [3.05, 3.63) is 64.7 Å². The highest BCUT2D eigenvalue weighted by molar-refractivity contribution is 6.08. The molecule has 0 fully saturated rings. The summed E-state index contributed by atoms with van der Waals surface area (Å²) in [6.07, 6.45) is 4.05. The smallest absolute Gasteiger partial charge is 0.258 e. The van der Waals surface area contributed by atoms with Crippen LogP contribution in [0.2, 0.25) is 0 Å². The molecule has 5 nitrogen and oxygen atoms in total. The summed E-state index contributed by atoms with van der Waals surface area (Å²) in [5.41, 5.74) is 10.2. The first-order chi connectivity index (χ1) is 14.5. The third-order valence-corrected chi connectivity index (χ3v) is 6.50. The zero-order valence-electron chi connectivity index (χ0n) is 17.9. The minimum atomic E-state index is -0.377. The molecule has 2 aliphatic rings. The summed E-state index contributed by atoms with van der Waals surface area (Å²) in [6.45, 7) is 7.20. The van der Waals surface area contributed by atoms with Crippen LogP contribution < -0.4 is 10.6 Å². The molecule has 1 aliphatic heterocycles. The van der Waals surface area contributed by atoms with Crippen LogP contribution >= 0.6 is 0 Å². The van der Waals surface area contributed by atoms with Gasteiger partial charge in [0, 0.05) is 35.3 Å². The van der Waals surface area contributed by atoms with Gasteiger partial charge in [-0.2, -0.15) is 0 Å². The number of benzene rings is 2. The largest absolute Gasteiger partial charge is 0.366 e. The summed E-state index contributed by atoms with van der Waals surface area (Å²) in [7, 11) is 0. The maximum absolute atomic E-state index is 13.3. The molecule has 30 heavy (non-hydrogen) atoms. The van der Waals surface area contributed by atoms with E-state index in [9.17, 15) is 9.59 Å². The zero-order chi connectivity index (χ0) is 21.3. The Morgan fingerprint density at radius 2 is 1.77 bits per heavy atom. The lowest BCUT2D eigenvalue weighted by Crippen LogP contribution is -2.42. The molecule has 0 aromatic heterocycles. The summed E-state index contributed by atoms with van der Waals surface area (Å²) in [5.74, 6) is -0.107. The third kappa shape index (κ3) is 3.63. The first kappa shape index (κ1) is 20.6.